The quantitative estimate of drug-likeness (QED) is 0.111. The van der Waals surface area contributed by atoms with Crippen LogP contribution in [0.5, 0.6) is 0 Å². The van der Waals surface area contributed by atoms with E-state index in [0.29, 0.717) is 11.1 Å². The third-order valence-corrected chi connectivity index (χ3v) is 7.71. The number of para-hydroxylation sites is 1. The molecule has 0 amide bonds. The summed E-state index contributed by atoms with van der Waals surface area (Å²) < 4.78 is 0. The third kappa shape index (κ3) is 8.12. The third-order valence-electron chi connectivity index (χ3n) is 7.71. The average Bonchev–Trinajstić information content (AvgIpc) is 2.97. The van der Waals surface area contributed by atoms with Crippen LogP contribution in [0.2, 0.25) is 0 Å². The summed E-state index contributed by atoms with van der Waals surface area (Å²) in [6.45, 7) is 14.7. The van der Waals surface area contributed by atoms with Crippen molar-refractivity contribution >= 4 is 27.5 Å². The van der Waals surface area contributed by atoms with E-state index in [1.165, 1.54) is 23.4 Å². The van der Waals surface area contributed by atoms with Gasteiger partial charge in [-0.1, -0.05) is 89.7 Å². The first-order valence-corrected chi connectivity index (χ1v) is 14.6. The van der Waals surface area contributed by atoms with E-state index in [-0.39, 0.29) is 48.9 Å². The number of aromatic nitrogens is 2. The van der Waals surface area contributed by atoms with Gasteiger partial charge in [-0.05, 0) is 42.6 Å². The van der Waals surface area contributed by atoms with Crippen LogP contribution in [0.1, 0.15) is 85.3 Å². The van der Waals surface area contributed by atoms with Crippen molar-refractivity contribution in [1.82, 2.24) is 9.97 Å². The molecule has 0 spiro atoms. The van der Waals surface area contributed by atoms with E-state index in [1.807, 2.05) is 45.9 Å². The van der Waals surface area contributed by atoms with Crippen molar-refractivity contribution in [3.05, 3.63) is 83.9 Å². The number of hydrogen-bond donors (Lipinski definition) is 1. The van der Waals surface area contributed by atoms with Crippen LogP contribution < -0.4 is 0 Å². The predicted molar refractivity (Wildman–Crippen MR) is 169 cm³/mol. The SMILES string of the molecule is CC(C)(C)c1cc(-c2ncnc3c(C#N)cccc23)[c-]c2ccccc12.CCC(CC)C(=O)/C=C(\O)C(CC)CC.[Ir]. The minimum atomic E-state index is -0.00982. The van der Waals surface area contributed by atoms with Crippen molar-refractivity contribution in [3.8, 4) is 17.3 Å². The first-order chi connectivity index (χ1) is 19.6. The molecule has 1 aromatic heterocycles. The van der Waals surface area contributed by atoms with Crippen LogP contribution in [0.3, 0.4) is 0 Å². The van der Waals surface area contributed by atoms with Gasteiger partial charge in [0.1, 0.15) is 12.4 Å². The fourth-order valence-electron chi connectivity index (χ4n) is 5.15. The van der Waals surface area contributed by atoms with Gasteiger partial charge >= 0.3 is 0 Å². The number of allylic oxidation sites excluding steroid dienone is 2. The van der Waals surface area contributed by atoms with Crippen molar-refractivity contribution in [2.24, 2.45) is 11.8 Å². The maximum Gasteiger partial charge on any atom is 0.162 e. The Bertz CT molecular complexity index is 1570. The Balaban J connectivity index is 0.000000334. The molecular weight excluding hydrogens is 699 g/mol. The number of ketones is 1. The summed E-state index contributed by atoms with van der Waals surface area (Å²) in [4.78, 5) is 20.6. The number of hydrogen-bond acceptors (Lipinski definition) is 5. The molecule has 0 bridgehead atoms. The molecule has 223 valence electrons. The van der Waals surface area contributed by atoms with Gasteiger partial charge in [0, 0.05) is 43.7 Å². The van der Waals surface area contributed by atoms with Crippen LogP contribution in [0.4, 0.5) is 0 Å². The largest absolute Gasteiger partial charge is 0.512 e. The van der Waals surface area contributed by atoms with E-state index in [4.69, 9.17) is 0 Å². The molecule has 1 N–H and O–H groups in total. The Hall–Kier alpha value is -3.39. The van der Waals surface area contributed by atoms with Crippen LogP contribution in [0, 0.1) is 29.2 Å². The Morgan fingerprint density at radius 3 is 2.17 bits per heavy atom. The number of nitrogens with zero attached hydrogens (tertiary/aromatic N) is 3. The molecule has 0 aliphatic heterocycles. The van der Waals surface area contributed by atoms with Crippen LogP contribution in [0.25, 0.3) is 32.9 Å². The van der Waals surface area contributed by atoms with Crippen molar-refractivity contribution < 1.29 is 30.0 Å². The molecule has 1 radical (unpaired) electrons. The van der Waals surface area contributed by atoms with Gasteiger partial charge in [-0.3, -0.25) is 9.78 Å². The van der Waals surface area contributed by atoms with Gasteiger partial charge in [-0.25, -0.2) is 4.98 Å². The zero-order valence-corrected chi connectivity index (χ0v) is 28.2. The summed E-state index contributed by atoms with van der Waals surface area (Å²) in [7, 11) is 0. The molecule has 6 heteroatoms. The van der Waals surface area contributed by atoms with Gasteiger partial charge < -0.3 is 5.11 Å². The molecule has 0 saturated heterocycles. The minimum Gasteiger partial charge on any atom is -0.512 e. The molecule has 0 aliphatic carbocycles. The molecular formula is C36H42IrN3O2-. The topological polar surface area (TPSA) is 86.9 Å². The zero-order chi connectivity index (χ0) is 30.2. The summed E-state index contributed by atoms with van der Waals surface area (Å²) in [6, 6.07) is 21.8. The summed E-state index contributed by atoms with van der Waals surface area (Å²) in [6.07, 6.45) is 6.43. The van der Waals surface area contributed by atoms with Gasteiger partial charge in [-0.15, -0.1) is 29.1 Å². The standard InChI is InChI=1S/C23H18N3.C13H24O2.Ir/c1-23(2,3)20-12-17(11-15-7-4-5-9-18(15)20)22-19-10-6-8-16(13-24)21(19)25-14-26-22;1-5-10(6-2)12(14)9-13(15)11(7-3)8-4;/h4-10,12,14H,1-3H3;9-11,14H,5-8H2,1-4H3;/q-1;;/b;12-9-;. The maximum atomic E-state index is 11.7. The monoisotopic (exact) mass is 741 g/mol. The van der Waals surface area contributed by atoms with E-state index < -0.39 is 0 Å². The molecule has 0 atom stereocenters. The normalized spacial score (nSPS) is 11.7. The van der Waals surface area contributed by atoms with Crippen LogP contribution in [0.15, 0.2) is 66.7 Å². The van der Waals surface area contributed by atoms with E-state index in [0.717, 1.165) is 47.7 Å². The number of carbonyl (C=O) groups is 1. The number of rotatable bonds is 8. The number of benzene rings is 3. The molecule has 0 fully saturated rings. The summed E-state index contributed by atoms with van der Waals surface area (Å²) in [5, 5.41) is 22.3. The van der Waals surface area contributed by atoms with E-state index in [2.05, 4.69) is 67.1 Å². The molecule has 0 aliphatic rings. The summed E-state index contributed by atoms with van der Waals surface area (Å²) >= 11 is 0. The smallest absolute Gasteiger partial charge is 0.162 e. The van der Waals surface area contributed by atoms with Crippen molar-refractivity contribution in [2.45, 2.75) is 79.6 Å². The fraction of sp³-hybridized carbons (Fsp3) is 0.389. The van der Waals surface area contributed by atoms with Gasteiger partial charge in [0.15, 0.2) is 5.78 Å². The van der Waals surface area contributed by atoms with Crippen LogP contribution >= 0.6 is 0 Å². The Labute approximate surface area is 264 Å². The second kappa shape index (κ2) is 15.7. The van der Waals surface area contributed by atoms with Gasteiger partial charge in [0.05, 0.1) is 16.8 Å². The van der Waals surface area contributed by atoms with Crippen LogP contribution in [-0.2, 0) is 30.3 Å². The second-order valence-electron chi connectivity index (χ2n) is 11.4. The summed E-state index contributed by atoms with van der Waals surface area (Å²) in [5.74, 6) is 0.547. The van der Waals surface area contributed by atoms with Gasteiger partial charge in [0.2, 0.25) is 0 Å². The molecule has 1 heterocycles. The zero-order valence-electron chi connectivity index (χ0n) is 25.8. The van der Waals surface area contributed by atoms with Crippen molar-refractivity contribution in [1.29, 1.82) is 5.26 Å². The average molecular weight is 741 g/mol. The molecule has 4 aromatic rings. The summed E-state index contributed by atoms with van der Waals surface area (Å²) in [5.41, 5.74) is 4.22. The van der Waals surface area contributed by atoms with E-state index in [9.17, 15) is 15.2 Å². The number of fused-ring (bicyclic) bond motifs is 2. The Morgan fingerprint density at radius 1 is 0.952 bits per heavy atom. The molecule has 42 heavy (non-hydrogen) atoms. The first kappa shape index (κ1) is 34.8. The number of carbonyl (C=O) groups excluding carboxylic acids is 1. The Morgan fingerprint density at radius 2 is 1.57 bits per heavy atom. The first-order valence-electron chi connectivity index (χ1n) is 14.6. The molecule has 0 saturated carbocycles. The Kier molecular flexibility index (Phi) is 13.0. The second-order valence-corrected chi connectivity index (χ2v) is 11.4. The predicted octanol–water partition coefficient (Wildman–Crippen LogP) is 9.29. The fourth-order valence-corrected chi connectivity index (χ4v) is 5.15. The maximum absolute atomic E-state index is 11.7. The number of nitriles is 1. The van der Waals surface area contributed by atoms with Crippen molar-refractivity contribution in [2.75, 3.05) is 0 Å². The number of aliphatic hydroxyl groups excluding tert-OH is 1. The molecule has 0 unspecified atom stereocenters. The van der Waals surface area contributed by atoms with E-state index in [1.54, 1.807) is 6.07 Å². The molecule has 5 nitrogen and oxygen atoms in total. The van der Waals surface area contributed by atoms with E-state index >= 15 is 0 Å². The molecule has 4 rings (SSSR count). The molecule has 3 aromatic carbocycles. The van der Waals surface area contributed by atoms with Crippen molar-refractivity contribution in [3.63, 3.8) is 0 Å². The minimum absolute atomic E-state index is 0. The van der Waals surface area contributed by atoms with Gasteiger partial charge in [-0.2, -0.15) is 5.26 Å². The number of aliphatic hydroxyl groups is 1. The van der Waals surface area contributed by atoms with Crippen LogP contribution in [-0.4, -0.2) is 20.9 Å². The van der Waals surface area contributed by atoms with Gasteiger partial charge in [0.25, 0.3) is 0 Å².